The van der Waals surface area contributed by atoms with Crippen LogP contribution in [0.25, 0.3) is 96.3 Å². The third-order valence-electron chi connectivity index (χ3n) is 10.4. The van der Waals surface area contributed by atoms with Crippen LogP contribution in [-0.4, -0.2) is 30.6 Å². The Morgan fingerprint density at radius 1 is 0.516 bits per heavy atom. The number of fused-ring (bicyclic) bond motifs is 6. The molecule has 0 amide bonds. The van der Waals surface area contributed by atoms with E-state index in [1.54, 1.807) is 24.5 Å². The summed E-state index contributed by atoms with van der Waals surface area (Å²) in [4.78, 5) is 1.57. The second-order valence-electron chi connectivity index (χ2n) is 14.3. The molecular formula is C51H30F3IrN6S3. The summed E-state index contributed by atoms with van der Waals surface area (Å²) < 4.78 is 40.9. The van der Waals surface area contributed by atoms with Crippen molar-refractivity contribution >= 4 is 111 Å². The van der Waals surface area contributed by atoms with Crippen molar-refractivity contribution in [3.05, 3.63) is 193 Å². The third-order valence-corrected chi connectivity index (χ3v) is 11.6. The maximum atomic E-state index is 13.6. The van der Waals surface area contributed by atoms with Crippen molar-refractivity contribution in [1.29, 1.82) is 0 Å². The molecule has 312 valence electrons. The molecule has 0 bridgehead atoms. The largest absolute Gasteiger partial charge is 3.00 e. The molecule has 0 saturated heterocycles. The molecule has 0 aliphatic carbocycles. The summed E-state index contributed by atoms with van der Waals surface area (Å²) in [6, 6.07) is 46.6. The van der Waals surface area contributed by atoms with E-state index in [1.807, 2.05) is 66.0 Å². The molecule has 11 rings (SSSR count). The fourth-order valence-corrected chi connectivity index (χ4v) is 8.44. The molecule has 0 spiro atoms. The number of alkyl halides is 3. The first-order valence-electron chi connectivity index (χ1n) is 19.3. The zero-order valence-corrected chi connectivity index (χ0v) is 38.1. The molecule has 0 fully saturated rings. The van der Waals surface area contributed by atoms with E-state index in [-0.39, 0.29) is 31.4 Å². The molecular weight excluding hydrogens is 1040 g/mol. The Kier molecular flexibility index (Phi) is 13.0. The maximum Gasteiger partial charge on any atom is 3.00 e. The van der Waals surface area contributed by atoms with E-state index in [0.717, 1.165) is 59.4 Å². The monoisotopic (exact) mass is 1070 g/mol. The number of aromatic nitrogens is 6. The molecule has 11 aromatic rings. The van der Waals surface area contributed by atoms with E-state index in [4.69, 9.17) is 13.2 Å². The molecule has 0 aliphatic heterocycles. The number of halogens is 3. The zero-order valence-electron chi connectivity index (χ0n) is 33.1. The van der Waals surface area contributed by atoms with Gasteiger partial charge in [-0.3, -0.25) is 13.2 Å². The van der Waals surface area contributed by atoms with Crippen molar-refractivity contribution in [2.45, 2.75) is 6.18 Å². The first-order valence-corrected chi connectivity index (χ1v) is 21.0. The predicted octanol–water partition coefficient (Wildman–Crippen LogP) is 14.0. The fraction of sp³-hybridized carbons (Fsp3) is 0.0196. The van der Waals surface area contributed by atoms with Gasteiger partial charge in [0.15, 0.2) is 0 Å². The van der Waals surface area contributed by atoms with E-state index in [2.05, 4.69) is 110 Å². The summed E-state index contributed by atoms with van der Waals surface area (Å²) in [5.74, 6) is 0. The summed E-state index contributed by atoms with van der Waals surface area (Å²) in [6.07, 6.45) is -1.01. The van der Waals surface area contributed by atoms with Gasteiger partial charge >= 0.3 is 26.3 Å². The van der Waals surface area contributed by atoms with Crippen LogP contribution in [0.3, 0.4) is 0 Å². The number of hydrogen-bond acceptors (Lipinski definition) is 9. The van der Waals surface area contributed by atoms with Crippen LogP contribution in [0.5, 0.6) is 0 Å². The van der Waals surface area contributed by atoms with Gasteiger partial charge < -0.3 is 0 Å². The average Bonchev–Trinajstić information content (AvgIpc) is 3.84. The van der Waals surface area contributed by atoms with Crippen molar-refractivity contribution < 1.29 is 33.3 Å². The number of benzene rings is 7. The van der Waals surface area contributed by atoms with Crippen LogP contribution in [-0.2, 0) is 26.3 Å². The topological polar surface area (TPSA) is 77.3 Å². The summed E-state index contributed by atoms with van der Waals surface area (Å²) >= 11 is 9.77. The van der Waals surface area contributed by atoms with E-state index < -0.39 is 11.7 Å². The molecule has 13 heteroatoms. The van der Waals surface area contributed by atoms with Crippen LogP contribution >= 0.6 is 36.6 Å². The van der Waals surface area contributed by atoms with E-state index in [9.17, 15) is 13.2 Å². The van der Waals surface area contributed by atoms with Gasteiger partial charge in [0.2, 0.25) is 0 Å². The Morgan fingerprint density at radius 2 is 0.922 bits per heavy atom. The van der Waals surface area contributed by atoms with E-state index >= 15 is 0 Å². The number of nitrogens with zero attached hydrogens (tertiary/aromatic N) is 6. The molecule has 0 saturated carbocycles. The standard InChI is InChI=1S/C23H12F3N2S.2C14H9N2S.Ir/c24-23(25,26)19-9-4-3-8-16(19)21-17-12-14-6-1-2-7-15(14)13-18(17)22(28-27-21)20-10-5-11-29-20;2*1-9(17)14-13-7-11-5-3-2-4-10(11)6-12(13)8-15-16-14;/h1-9,11-13H;2*1-8,17H;/q3*-1;+3. The van der Waals surface area contributed by atoms with Crippen LogP contribution in [0.15, 0.2) is 157 Å². The molecule has 64 heavy (non-hydrogen) atoms. The Labute approximate surface area is 393 Å². The van der Waals surface area contributed by atoms with Gasteiger partial charge in [-0.15, -0.1) is 15.2 Å². The Morgan fingerprint density at radius 3 is 1.36 bits per heavy atom. The number of rotatable bonds is 4. The number of hydrogen-bond donors (Lipinski definition) is 2. The molecule has 6 nitrogen and oxygen atoms in total. The van der Waals surface area contributed by atoms with Gasteiger partial charge in [0.25, 0.3) is 0 Å². The van der Waals surface area contributed by atoms with Crippen LogP contribution in [0, 0.1) is 19.2 Å². The average molecular weight is 1070 g/mol. The summed E-state index contributed by atoms with van der Waals surface area (Å²) in [5, 5.41) is 38.4. The minimum atomic E-state index is -4.48. The molecule has 7 aromatic carbocycles. The summed E-state index contributed by atoms with van der Waals surface area (Å²) in [6.45, 7) is 11.4. The summed E-state index contributed by atoms with van der Waals surface area (Å²) in [7, 11) is 0. The second-order valence-corrected chi connectivity index (χ2v) is 16.2. The van der Waals surface area contributed by atoms with Crippen LogP contribution in [0.1, 0.15) is 17.0 Å². The van der Waals surface area contributed by atoms with Crippen LogP contribution in [0.2, 0.25) is 0 Å². The molecule has 0 aliphatic rings. The van der Waals surface area contributed by atoms with Crippen molar-refractivity contribution in [1.82, 2.24) is 30.6 Å². The molecule has 0 N–H and O–H groups in total. The zero-order chi connectivity index (χ0) is 43.7. The normalized spacial score (nSPS) is 11.2. The van der Waals surface area contributed by atoms with Crippen molar-refractivity contribution in [2.24, 2.45) is 0 Å². The van der Waals surface area contributed by atoms with Crippen LogP contribution < -0.4 is 0 Å². The minimum Gasteiger partial charge on any atom is -0.277 e. The minimum absolute atomic E-state index is 0. The molecule has 0 unspecified atom stereocenters. The van der Waals surface area contributed by atoms with Crippen molar-refractivity contribution in [3.63, 3.8) is 0 Å². The molecule has 4 heterocycles. The molecule has 0 atom stereocenters. The van der Waals surface area contributed by atoms with Gasteiger partial charge in [0.05, 0.1) is 23.7 Å². The van der Waals surface area contributed by atoms with Gasteiger partial charge in [-0.05, 0) is 84.1 Å². The smallest absolute Gasteiger partial charge is 0.277 e. The van der Waals surface area contributed by atoms with Gasteiger partial charge in [-0.25, -0.2) is 26.6 Å². The van der Waals surface area contributed by atoms with Crippen molar-refractivity contribution in [2.75, 3.05) is 0 Å². The first-order chi connectivity index (χ1) is 30.5. The Hall–Kier alpha value is -6.34. The third kappa shape index (κ3) is 9.04. The maximum absolute atomic E-state index is 13.6. The Balaban J connectivity index is 0.000000138. The first kappa shape index (κ1) is 44.3. The predicted molar refractivity (Wildman–Crippen MR) is 257 cm³/mol. The van der Waals surface area contributed by atoms with Gasteiger partial charge in [0, 0.05) is 16.6 Å². The fourth-order valence-electron chi connectivity index (χ4n) is 7.44. The second kappa shape index (κ2) is 18.8. The van der Waals surface area contributed by atoms with Gasteiger partial charge in [-0.2, -0.15) is 65.9 Å². The Bertz CT molecular complexity index is 3420. The quantitative estimate of drug-likeness (QED) is 0.104. The van der Waals surface area contributed by atoms with Gasteiger partial charge in [-0.1, -0.05) is 125 Å². The number of thiol groups is 2. The van der Waals surface area contributed by atoms with E-state index in [0.29, 0.717) is 32.3 Å². The number of thiophene rings is 1. The summed E-state index contributed by atoms with van der Waals surface area (Å²) in [5.41, 5.74) is 1.41. The van der Waals surface area contributed by atoms with Crippen molar-refractivity contribution in [3.8, 4) is 21.8 Å². The van der Waals surface area contributed by atoms with Crippen LogP contribution in [0.4, 0.5) is 13.2 Å². The van der Waals surface area contributed by atoms with Gasteiger partial charge in [0.1, 0.15) is 0 Å². The SMILES string of the molecule is FC(F)(F)c1ccccc1-c1nnc(-c2[c-]ccs2)c2cc3ccccc3cc12.[CH-]=C(S)c1nncc2cc3ccccc3cc12.[CH-]=C(S)c1nncc2cc3ccccc3cc12.[Ir+3]. The molecule has 4 aromatic heterocycles. The molecule has 0 radical (unpaired) electrons. The van der Waals surface area contributed by atoms with E-state index in [1.165, 1.54) is 34.2 Å².